The van der Waals surface area contributed by atoms with E-state index in [0.717, 1.165) is 5.75 Å². The van der Waals surface area contributed by atoms with E-state index in [1.807, 2.05) is 31.2 Å². The first-order valence-corrected chi connectivity index (χ1v) is 11.0. The van der Waals surface area contributed by atoms with Crippen molar-refractivity contribution in [3.05, 3.63) is 60.6 Å². The third-order valence-corrected chi connectivity index (χ3v) is 5.73. The molecule has 0 bridgehead atoms. The normalized spacial score (nSPS) is 20.6. The second kappa shape index (κ2) is 11.5. The zero-order valence-corrected chi connectivity index (χ0v) is 19.2. The van der Waals surface area contributed by atoms with Crippen molar-refractivity contribution < 1.29 is 43.6 Å². The maximum absolute atomic E-state index is 12.4. The predicted molar refractivity (Wildman–Crippen MR) is 122 cm³/mol. The van der Waals surface area contributed by atoms with Gasteiger partial charge in [-0.1, -0.05) is 12.1 Å². The number of para-hydroxylation sites is 2. The summed E-state index contributed by atoms with van der Waals surface area (Å²) in [6.07, 6.45) is 2.62. The molecule has 2 aliphatic heterocycles. The first kappa shape index (κ1) is 25.8. The number of ether oxygens (including phenoxy) is 2. The molecule has 3 heterocycles. The van der Waals surface area contributed by atoms with Gasteiger partial charge in [0.05, 0.1) is 18.9 Å². The van der Waals surface area contributed by atoms with Gasteiger partial charge in [0, 0.05) is 38.3 Å². The van der Waals surface area contributed by atoms with Gasteiger partial charge in [0.1, 0.15) is 6.61 Å². The van der Waals surface area contributed by atoms with E-state index in [1.165, 1.54) is 6.26 Å². The average Bonchev–Trinajstić information content (AvgIpc) is 3.38. The number of aliphatic hydroxyl groups excluding tert-OH is 1. The largest absolute Gasteiger partial charge is 0.485 e. The molecule has 188 valence electrons. The van der Waals surface area contributed by atoms with Crippen LogP contribution >= 0.6 is 0 Å². The van der Waals surface area contributed by atoms with Crippen LogP contribution in [-0.2, 0) is 9.59 Å². The van der Waals surface area contributed by atoms with Crippen molar-refractivity contribution in [1.29, 1.82) is 0 Å². The number of hydrogen-bond acceptors (Lipinski definition) is 8. The summed E-state index contributed by atoms with van der Waals surface area (Å²) in [5.74, 6) is -0.844. The highest BCUT2D eigenvalue weighted by Gasteiger charge is 2.44. The highest BCUT2D eigenvalue weighted by atomic mass is 16.6. The zero-order chi connectivity index (χ0) is 25.4. The molecule has 2 aromatic rings. The topological polar surface area (TPSA) is 150 Å². The van der Waals surface area contributed by atoms with Gasteiger partial charge in [0.15, 0.2) is 22.9 Å². The number of nitrogens with zero attached hydrogens (tertiary/aromatic N) is 2. The average molecular weight is 488 g/mol. The summed E-state index contributed by atoms with van der Waals surface area (Å²) in [5, 5.41) is 25.7. The smallest absolute Gasteiger partial charge is 0.328 e. The number of aliphatic hydroxyl groups is 1. The van der Waals surface area contributed by atoms with Crippen LogP contribution in [0.25, 0.3) is 0 Å². The molecule has 1 amide bonds. The number of carboxylic acids is 2. The van der Waals surface area contributed by atoms with E-state index in [2.05, 4.69) is 4.90 Å². The zero-order valence-electron chi connectivity index (χ0n) is 19.2. The Bertz CT molecular complexity index is 1030. The molecule has 2 atom stereocenters. The fraction of sp³-hybridized carbons (Fsp3) is 0.375. The maximum atomic E-state index is 12.4. The Morgan fingerprint density at radius 3 is 2.17 bits per heavy atom. The second-order valence-corrected chi connectivity index (χ2v) is 8.16. The van der Waals surface area contributed by atoms with Crippen LogP contribution in [0.3, 0.4) is 0 Å². The van der Waals surface area contributed by atoms with Crippen LogP contribution in [0.5, 0.6) is 11.5 Å². The SMILES string of the molecule is CC1(C(CO)N2CCN(C(=O)c3ccco3)CC2)COc2ccccc2O1.O=C(O)C=CC(=O)O. The van der Waals surface area contributed by atoms with Gasteiger partial charge in [-0.05, 0) is 31.2 Å². The van der Waals surface area contributed by atoms with Crippen molar-refractivity contribution in [2.24, 2.45) is 0 Å². The van der Waals surface area contributed by atoms with Crippen LogP contribution in [-0.4, -0.2) is 94.0 Å². The van der Waals surface area contributed by atoms with Crippen LogP contribution in [0.4, 0.5) is 0 Å². The number of furan rings is 1. The number of hydrogen-bond donors (Lipinski definition) is 3. The van der Waals surface area contributed by atoms with Crippen LogP contribution in [0.2, 0.25) is 0 Å². The lowest BCUT2D eigenvalue weighted by atomic mass is 9.94. The Morgan fingerprint density at radius 2 is 1.63 bits per heavy atom. The molecule has 11 nitrogen and oxygen atoms in total. The molecular formula is C24H28N2O9. The fourth-order valence-corrected chi connectivity index (χ4v) is 3.95. The lowest BCUT2D eigenvalue weighted by molar-refractivity contribution is -0.134. The number of carbonyl (C=O) groups excluding carboxylic acids is 1. The van der Waals surface area contributed by atoms with Crippen molar-refractivity contribution in [2.45, 2.75) is 18.6 Å². The lowest BCUT2D eigenvalue weighted by Gasteiger charge is -2.47. The molecule has 35 heavy (non-hydrogen) atoms. The van der Waals surface area contributed by atoms with Gasteiger partial charge in [-0.25, -0.2) is 9.59 Å². The summed E-state index contributed by atoms with van der Waals surface area (Å²) in [6, 6.07) is 10.7. The van der Waals surface area contributed by atoms with Crippen LogP contribution in [0.15, 0.2) is 59.2 Å². The van der Waals surface area contributed by atoms with Gasteiger partial charge in [-0.3, -0.25) is 9.69 Å². The quantitative estimate of drug-likeness (QED) is 0.508. The molecule has 1 fully saturated rings. The number of benzene rings is 1. The summed E-state index contributed by atoms with van der Waals surface area (Å²) in [5.41, 5.74) is -0.670. The molecule has 4 rings (SSSR count). The van der Waals surface area contributed by atoms with Crippen molar-refractivity contribution >= 4 is 17.8 Å². The molecule has 11 heteroatoms. The monoisotopic (exact) mass is 488 g/mol. The van der Waals surface area contributed by atoms with Crippen molar-refractivity contribution in [3.63, 3.8) is 0 Å². The maximum Gasteiger partial charge on any atom is 0.328 e. The van der Waals surface area contributed by atoms with Gasteiger partial charge >= 0.3 is 11.9 Å². The van der Waals surface area contributed by atoms with Gasteiger partial charge in [-0.15, -0.1) is 0 Å². The number of rotatable bonds is 6. The molecule has 0 aliphatic carbocycles. The van der Waals surface area contributed by atoms with E-state index in [1.54, 1.807) is 17.0 Å². The molecule has 1 aromatic carbocycles. The van der Waals surface area contributed by atoms with Crippen LogP contribution < -0.4 is 9.47 Å². The van der Waals surface area contributed by atoms with E-state index >= 15 is 0 Å². The first-order chi connectivity index (χ1) is 16.7. The molecule has 0 radical (unpaired) electrons. The third-order valence-electron chi connectivity index (χ3n) is 5.73. The Morgan fingerprint density at radius 1 is 1.00 bits per heavy atom. The van der Waals surface area contributed by atoms with Gasteiger partial charge in [0.2, 0.25) is 0 Å². The van der Waals surface area contributed by atoms with E-state index in [-0.39, 0.29) is 18.6 Å². The Balaban J connectivity index is 0.000000371. The third kappa shape index (κ3) is 6.61. The molecule has 3 N–H and O–H groups in total. The minimum absolute atomic E-state index is 0.0475. The number of amides is 1. The second-order valence-electron chi connectivity index (χ2n) is 8.16. The molecule has 0 spiro atoms. The van der Waals surface area contributed by atoms with Gasteiger partial charge < -0.3 is 34.1 Å². The van der Waals surface area contributed by atoms with Crippen molar-refractivity contribution in [1.82, 2.24) is 9.80 Å². The number of carboxylic acid groups (broad SMARTS) is 2. The van der Waals surface area contributed by atoms with E-state index in [9.17, 15) is 19.5 Å². The summed E-state index contributed by atoms with van der Waals surface area (Å²) < 4.78 is 17.3. The van der Waals surface area contributed by atoms with Crippen molar-refractivity contribution in [2.75, 3.05) is 39.4 Å². The number of piperazine rings is 1. The Kier molecular flexibility index (Phi) is 8.50. The van der Waals surface area contributed by atoms with Gasteiger partial charge in [0.25, 0.3) is 5.91 Å². The number of fused-ring (bicyclic) bond motifs is 1. The molecule has 2 aliphatic rings. The molecule has 1 saturated heterocycles. The predicted octanol–water partition coefficient (Wildman–Crippen LogP) is 1.34. The van der Waals surface area contributed by atoms with Gasteiger partial charge in [-0.2, -0.15) is 0 Å². The summed E-state index contributed by atoms with van der Waals surface area (Å²) in [4.78, 5) is 35.5. The van der Waals surface area contributed by atoms with Crippen LogP contribution in [0, 0.1) is 0 Å². The van der Waals surface area contributed by atoms with E-state index in [4.69, 9.17) is 24.1 Å². The van der Waals surface area contributed by atoms with E-state index < -0.39 is 17.5 Å². The highest BCUT2D eigenvalue weighted by molar-refractivity contribution is 5.91. The summed E-state index contributed by atoms with van der Waals surface area (Å²) >= 11 is 0. The standard InChI is InChI=1S/C20H24N2O5.C4H4O4/c1-20(14-26-15-5-2-3-6-16(15)27-20)18(13-23)21-8-10-22(11-9-21)19(24)17-7-4-12-25-17;5-3(6)1-2-4(7)8/h2-7,12,18,23H,8-11,13-14H2,1H3;1-2H,(H,5,6)(H,7,8). The Hall–Kier alpha value is -3.83. The Labute approximate surface area is 201 Å². The minimum Gasteiger partial charge on any atom is -0.485 e. The molecular weight excluding hydrogens is 460 g/mol. The fourth-order valence-electron chi connectivity index (χ4n) is 3.95. The minimum atomic E-state index is -1.26. The summed E-state index contributed by atoms with van der Waals surface area (Å²) in [7, 11) is 0. The lowest BCUT2D eigenvalue weighted by Crippen LogP contribution is -2.64. The molecule has 2 unspecified atom stereocenters. The summed E-state index contributed by atoms with van der Waals surface area (Å²) in [6.45, 7) is 4.72. The molecule has 1 aromatic heterocycles. The van der Waals surface area contributed by atoms with E-state index in [0.29, 0.717) is 56.4 Å². The highest BCUT2D eigenvalue weighted by Crippen LogP contribution is 2.37. The number of aliphatic carboxylic acids is 2. The molecule has 0 saturated carbocycles. The first-order valence-electron chi connectivity index (χ1n) is 11.0. The van der Waals surface area contributed by atoms with Crippen LogP contribution in [0.1, 0.15) is 17.5 Å². The number of carbonyl (C=O) groups is 3. The van der Waals surface area contributed by atoms with Crippen molar-refractivity contribution in [3.8, 4) is 11.5 Å².